The van der Waals surface area contributed by atoms with E-state index in [0.29, 0.717) is 17.9 Å². The molecule has 0 bridgehead atoms. The third-order valence-electron chi connectivity index (χ3n) is 5.10. The molecule has 3 heterocycles. The topological polar surface area (TPSA) is 66.7 Å². The van der Waals surface area contributed by atoms with Crippen LogP contribution in [0.1, 0.15) is 12.8 Å². The van der Waals surface area contributed by atoms with Crippen molar-refractivity contribution in [3.05, 3.63) is 24.3 Å². The summed E-state index contributed by atoms with van der Waals surface area (Å²) in [6.45, 7) is 6.35. The molecule has 1 atom stereocenters. The van der Waals surface area contributed by atoms with Crippen molar-refractivity contribution in [1.82, 2.24) is 20.4 Å². The molecule has 2 aromatic rings. The number of rotatable bonds is 4. The molecular formula is C18H27Cl2N5O2. The van der Waals surface area contributed by atoms with Gasteiger partial charge in [0, 0.05) is 50.9 Å². The van der Waals surface area contributed by atoms with Crippen LogP contribution < -0.4 is 15.0 Å². The number of nitrogens with zero attached hydrogens (tertiary/aromatic N) is 4. The van der Waals surface area contributed by atoms with Crippen molar-refractivity contribution in [2.45, 2.75) is 18.9 Å². The van der Waals surface area contributed by atoms with Gasteiger partial charge in [-0.1, -0.05) is 5.16 Å². The molecule has 0 amide bonds. The molecule has 2 aliphatic rings. The van der Waals surface area contributed by atoms with Gasteiger partial charge in [-0.3, -0.25) is 4.90 Å². The first-order chi connectivity index (χ1) is 12.3. The number of piperidine rings is 1. The molecule has 0 aliphatic carbocycles. The third kappa shape index (κ3) is 5.04. The summed E-state index contributed by atoms with van der Waals surface area (Å²) >= 11 is 0. The fraction of sp³-hybridized carbons (Fsp3) is 0.556. The van der Waals surface area contributed by atoms with Gasteiger partial charge >= 0.3 is 6.01 Å². The highest BCUT2D eigenvalue weighted by molar-refractivity contribution is 5.85. The number of ether oxygens (including phenoxy) is 1. The highest BCUT2D eigenvalue weighted by atomic mass is 35.5. The minimum Gasteiger partial charge on any atom is -0.497 e. The summed E-state index contributed by atoms with van der Waals surface area (Å²) in [6, 6.07) is 8.93. The van der Waals surface area contributed by atoms with E-state index < -0.39 is 0 Å². The van der Waals surface area contributed by atoms with Crippen molar-refractivity contribution >= 4 is 30.8 Å². The Bertz CT molecular complexity index is 691. The second kappa shape index (κ2) is 10.1. The van der Waals surface area contributed by atoms with E-state index in [9.17, 15) is 0 Å². The number of hydrogen-bond donors (Lipinski definition) is 1. The predicted molar refractivity (Wildman–Crippen MR) is 110 cm³/mol. The van der Waals surface area contributed by atoms with Gasteiger partial charge in [0.1, 0.15) is 5.75 Å². The van der Waals surface area contributed by atoms with Crippen LogP contribution >= 0.6 is 24.8 Å². The van der Waals surface area contributed by atoms with E-state index in [1.54, 1.807) is 7.11 Å². The average Bonchev–Trinajstić information content (AvgIpc) is 3.19. The minimum absolute atomic E-state index is 0. The van der Waals surface area contributed by atoms with E-state index in [0.717, 1.165) is 57.0 Å². The van der Waals surface area contributed by atoms with Crippen molar-refractivity contribution in [1.29, 1.82) is 0 Å². The SMILES string of the molecule is COc1ccc(-c2noc(N3CCCC(N4CCNCC4)C3)n2)cc1.Cl.Cl. The quantitative estimate of drug-likeness (QED) is 0.822. The number of piperazine rings is 1. The fourth-order valence-corrected chi connectivity index (χ4v) is 3.68. The maximum Gasteiger partial charge on any atom is 0.324 e. The molecule has 4 rings (SSSR count). The van der Waals surface area contributed by atoms with Crippen LogP contribution in [0.2, 0.25) is 0 Å². The Morgan fingerprint density at radius 2 is 1.85 bits per heavy atom. The molecule has 27 heavy (non-hydrogen) atoms. The van der Waals surface area contributed by atoms with Crippen LogP contribution in [0.15, 0.2) is 28.8 Å². The smallest absolute Gasteiger partial charge is 0.324 e. The molecule has 0 spiro atoms. The summed E-state index contributed by atoms with van der Waals surface area (Å²) in [4.78, 5) is 9.43. The lowest BCUT2D eigenvalue weighted by Crippen LogP contribution is -2.54. The Morgan fingerprint density at radius 1 is 1.11 bits per heavy atom. The summed E-state index contributed by atoms with van der Waals surface area (Å²) in [7, 11) is 1.66. The number of hydrogen-bond acceptors (Lipinski definition) is 7. The molecule has 0 saturated carbocycles. The van der Waals surface area contributed by atoms with Crippen LogP contribution in [-0.2, 0) is 0 Å². The van der Waals surface area contributed by atoms with Gasteiger partial charge in [0.15, 0.2) is 0 Å². The fourth-order valence-electron chi connectivity index (χ4n) is 3.68. The molecule has 150 valence electrons. The first kappa shape index (κ1) is 21.8. The van der Waals surface area contributed by atoms with Crippen LogP contribution in [0.3, 0.4) is 0 Å². The maximum atomic E-state index is 5.55. The highest BCUT2D eigenvalue weighted by Gasteiger charge is 2.28. The number of benzene rings is 1. The molecular weight excluding hydrogens is 389 g/mol. The average molecular weight is 416 g/mol. The van der Waals surface area contributed by atoms with Crippen LogP contribution in [0.25, 0.3) is 11.4 Å². The molecule has 2 aliphatic heterocycles. The second-order valence-electron chi connectivity index (χ2n) is 6.66. The third-order valence-corrected chi connectivity index (χ3v) is 5.10. The second-order valence-corrected chi connectivity index (χ2v) is 6.66. The molecule has 1 aromatic heterocycles. The first-order valence-electron chi connectivity index (χ1n) is 9.01. The van der Waals surface area contributed by atoms with Gasteiger partial charge in [0.2, 0.25) is 5.82 Å². The predicted octanol–water partition coefficient (Wildman–Crippen LogP) is 2.46. The lowest BCUT2D eigenvalue weighted by molar-refractivity contribution is 0.154. The van der Waals surface area contributed by atoms with E-state index in [1.807, 2.05) is 24.3 Å². The molecule has 1 N–H and O–H groups in total. The number of anilines is 1. The van der Waals surface area contributed by atoms with E-state index in [-0.39, 0.29) is 24.8 Å². The summed E-state index contributed by atoms with van der Waals surface area (Å²) < 4.78 is 10.7. The zero-order chi connectivity index (χ0) is 17.1. The van der Waals surface area contributed by atoms with Crippen LogP contribution in [-0.4, -0.2) is 67.5 Å². The zero-order valence-corrected chi connectivity index (χ0v) is 17.1. The van der Waals surface area contributed by atoms with Gasteiger partial charge in [0.25, 0.3) is 0 Å². The van der Waals surface area contributed by atoms with Crippen LogP contribution in [0.4, 0.5) is 6.01 Å². The Morgan fingerprint density at radius 3 is 2.56 bits per heavy atom. The molecule has 9 heteroatoms. The molecule has 1 unspecified atom stereocenters. The van der Waals surface area contributed by atoms with E-state index >= 15 is 0 Å². The lowest BCUT2D eigenvalue weighted by Gasteiger charge is -2.40. The van der Waals surface area contributed by atoms with Gasteiger partial charge < -0.3 is 19.5 Å². The Labute approximate surface area is 172 Å². The van der Waals surface area contributed by atoms with Crippen LogP contribution in [0.5, 0.6) is 5.75 Å². The van der Waals surface area contributed by atoms with Gasteiger partial charge in [0.05, 0.1) is 7.11 Å². The summed E-state index contributed by atoms with van der Waals surface area (Å²) in [5, 5.41) is 7.58. The summed E-state index contributed by atoms with van der Waals surface area (Å²) in [5.41, 5.74) is 0.937. The van der Waals surface area contributed by atoms with E-state index in [1.165, 1.54) is 6.42 Å². The number of nitrogens with one attached hydrogen (secondary N) is 1. The number of halogens is 2. The van der Waals surface area contributed by atoms with Crippen molar-refractivity contribution in [3.63, 3.8) is 0 Å². The Balaban J connectivity index is 0.00000131. The van der Waals surface area contributed by atoms with Crippen molar-refractivity contribution < 1.29 is 9.26 Å². The maximum absolute atomic E-state index is 5.55. The van der Waals surface area contributed by atoms with Crippen LogP contribution in [0, 0.1) is 0 Å². The molecule has 7 nitrogen and oxygen atoms in total. The summed E-state index contributed by atoms with van der Waals surface area (Å²) in [6.07, 6.45) is 2.41. The van der Waals surface area contributed by atoms with Gasteiger partial charge in [-0.15, -0.1) is 24.8 Å². The minimum atomic E-state index is 0. The number of methoxy groups -OCH3 is 1. The Kier molecular flexibility index (Phi) is 8.16. The van der Waals surface area contributed by atoms with Crippen molar-refractivity contribution in [3.8, 4) is 17.1 Å². The van der Waals surface area contributed by atoms with Crippen molar-refractivity contribution in [2.75, 3.05) is 51.3 Å². The zero-order valence-electron chi connectivity index (χ0n) is 15.5. The monoisotopic (exact) mass is 415 g/mol. The summed E-state index contributed by atoms with van der Waals surface area (Å²) in [5.74, 6) is 1.45. The lowest BCUT2D eigenvalue weighted by atomic mass is 10.0. The largest absolute Gasteiger partial charge is 0.497 e. The normalized spacial score (nSPS) is 20.5. The Hall–Kier alpha value is -1.54. The van der Waals surface area contributed by atoms with Gasteiger partial charge in [-0.25, -0.2) is 0 Å². The van der Waals surface area contributed by atoms with Gasteiger partial charge in [-0.2, -0.15) is 4.98 Å². The standard InChI is InChI=1S/C18H25N5O2.2ClH/c1-24-16-6-4-14(5-7-16)17-20-18(25-21-17)23-10-2-3-15(13-23)22-11-8-19-9-12-22;;/h4-7,15,19H,2-3,8-13H2,1H3;2*1H. The number of aromatic nitrogens is 2. The van der Waals surface area contributed by atoms with Crippen molar-refractivity contribution in [2.24, 2.45) is 0 Å². The molecule has 2 fully saturated rings. The van der Waals surface area contributed by atoms with E-state index in [2.05, 4.69) is 25.3 Å². The molecule has 1 aromatic carbocycles. The highest BCUT2D eigenvalue weighted by Crippen LogP contribution is 2.25. The molecule has 2 saturated heterocycles. The van der Waals surface area contributed by atoms with E-state index in [4.69, 9.17) is 9.26 Å². The molecule has 0 radical (unpaired) electrons. The van der Waals surface area contributed by atoms with Gasteiger partial charge in [-0.05, 0) is 37.1 Å². The first-order valence-corrected chi connectivity index (χ1v) is 9.01.